The van der Waals surface area contributed by atoms with Gasteiger partial charge < -0.3 is 5.32 Å². The van der Waals surface area contributed by atoms with Crippen LogP contribution in [0.15, 0.2) is 30.6 Å². The normalized spacial score (nSPS) is 14.8. The fourth-order valence-corrected chi connectivity index (χ4v) is 1.49. The molecule has 1 aliphatic heterocycles. The zero-order valence-electron chi connectivity index (χ0n) is 7.75. The first-order valence-corrected chi connectivity index (χ1v) is 4.52. The van der Waals surface area contributed by atoms with Gasteiger partial charge in [-0.15, -0.1) is 0 Å². The van der Waals surface area contributed by atoms with E-state index in [0.29, 0.717) is 0 Å². The number of allylic oxidation sites excluding steroid dienone is 3. The van der Waals surface area contributed by atoms with E-state index in [1.807, 2.05) is 12.1 Å². The third kappa shape index (κ3) is 1.37. The summed E-state index contributed by atoms with van der Waals surface area (Å²) in [5, 5.41) is 7.45. The first kappa shape index (κ1) is 8.10. The molecule has 1 N–H and O–H groups in total. The summed E-state index contributed by atoms with van der Waals surface area (Å²) in [5.41, 5.74) is 2.16. The van der Waals surface area contributed by atoms with Crippen LogP contribution in [0.4, 0.5) is 5.82 Å². The van der Waals surface area contributed by atoms with Gasteiger partial charge in [0.15, 0.2) is 0 Å². The number of nitrogens with zero attached hydrogens (tertiary/aromatic N) is 2. The fraction of sp³-hybridized carbons (Fsp3) is 0.300. The van der Waals surface area contributed by atoms with Gasteiger partial charge in [0.1, 0.15) is 5.82 Å². The highest BCUT2D eigenvalue weighted by atomic mass is 15.3. The van der Waals surface area contributed by atoms with E-state index in [9.17, 15) is 0 Å². The van der Waals surface area contributed by atoms with Crippen LogP contribution >= 0.6 is 0 Å². The maximum absolute atomic E-state index is 4.14. The third-order valence-electron chi connectivity index (χ3n) is 2.06. The van der Waals surface area contributed by atoms with Crippen LogP contribution in [-0.4, -0.2) is 9.78 Å². The monoisotopic (exact) mass is 175 g/mol. The van der Waals surface area contributed by atoms with E-state index in [4.69, 9.17) is 0 Å². The quantitative estimate of drug-likeness (QED) is 0.748. The Kier molecular flexibility index (Phi) is 1.93. The number of nitrogens with one attached hydrogen (secondary N) is 1. The van der Waals surface area contributed by atoms with Gasteiger partial charge in [0, 0.05) is 11.8 Å². The molecule has 1 aromatic heterocycles. The Balaban J connectivity index is 2.28. The molecule has 2 rings (SSSR count). The van der Waals surface area contributed by atoms with Crippen LogP contribution in [0, 0.1) is 0 Å². The SMILES string of the molecule is C=C1C=C(CCC)Nc2ccnn21. The molecule has 0 amide bonds. The summed E-state index contributed by atoms with van der Waals surface area (Å²) in [6.45, 7) is 6.11. The average Bonchev–Trinajstić information content (AvgIpc) is 2.53. The second-order valence-corrected chi connectivity index (χ2v) is 3.16. The number of fused-ring (bicyclic) bond motifs is 1. The summed E-state index contributed by atoms with van der Waals surface area (Å²) in [5.74, 6) is 1.01. The van der Waals surface area contributed by atoms with E-state index in [2.05, 4.69) is 23.9 Å². The largest absolute Gasteiger partial charge is 0.344 e. The Labute approximate surface area is 77.8 Å². The van der Waals surface area contributed by atoms with Gasteiger partial charge >= 0.3 is 0 Å². The molecular weight excluding hydrogens is 162 g/mol. The van der Waals surface area contributed by atoms with Gasteiger partial charge in [0.2, 0.25) is 0 Å². The van der Waals surface area contributed by atoms with E-state index in [0.717, 1.165) is 24.4 Å². The van der Waals surface area contributed by atoms with Crippen molar-refractivity contribution in [3.8, 4) is 0 Å². The Morgan fingerprint density at radius 1 is 1.62 bits per heavy atom. The number of aromatic nitrogens is 2. The van der Waals surface area contributed by atoms with Crippen LogP contribution in [0.1, 0.15) is 19.8 Å². The van der Waals surface area contributed by atoms with Crippen LogP contribution in [0.3, 0.4) is 0 Å². The molecule has 0 unspecified atom stereocenters. The smallest absolute Gasteiger partial charge is 0.133 e. The minimum Gasteiger partial charge on any atom is -0.344 e. The molecule has 0 aromatic carbocycles. The molecule has 0 radical (unpaired) electrons. The highest BCUT2D eigenvalue weighted by Crippen LogP contribution is 2.23. The molecule has 0 saturated heterocycles. The standard InChI is InChI=1S/C10H13N3/c1-3-4-9-7-8(2)13-10(12-9)5-6-11-13/h5-7,12H,2-4H2,1H3. The van der Waals surface area contributed by atoms with Crippen molar-refractivity contribution in [3.05, 3.63) is 30.6 Å². The van der Waals surface area contributed by atoms with Crippen LogP contribution in [0.2, 0.25) is 0 Å². The number of anilines is 1. The van der Waals surface area contributed by atoms with Gasteiger partial charge in [-0.25, -0.2) is 4.68 Å². The summed E-state index contributed by atoms with van der Waals surface area (Å²) in [7, 11) is 0. The van der Waals surface area contributed by atoms with Gasteiger partial charge in [-0.05, 0) is 12.5 Å². The topological polar surface area (TPSA) is 29.9 Å². The van der Waals surface area contributed by atoms with Crippen molar-refractivity contribution in [1.82, 2.24) is 9.78 Å². The maximum Gasteiger partial charge on any atom is 0.133 e. The van der Waals surface area contributed by atoms with E-state index in [1.54, 1.807) is 10.9 Å². The van der Waals surface area contributed by atoms with Crippen molar-refractivity contribution in [2.24, 2.45) is 0 Å². The molecule has 2 heterocycles. The molecular formula is C10H13N3. The second-order valence-electron chi connectivity index (χ2n) is 3.16. The molecule has 0 atom stereocenters. The van der Waals surface area contributed by atoms with Gasteiger partial charge in [-0.3, -0.25) is 0 Å². The molecule has 0 aliphatic carbocycles. The lowest BCUT2D eigenvalue weighted by molar-refractivity contribution is 0.860. The zero-order chi connectivity index (χ0) is 9.26. The molecule has 0 saturated carbocycles. The Hall–Kier alpha value is -1.51. The minimum absolute atomic E-state index is 0.933. The van der Waals surface area contributed by atoms with Crippen LogP contribution in [0.5, 0.6) is 0 Å². The Bertz CT molecular complexity index is 360. The van der Waals surface area contributed by atoms with Crippen molar-refractivity contribution in [3.63, 3.8) is 0 Å². The van der Waals surface area contributed by atoms with E-state index in [-0.39, 0.29) is 0 Å². The van der Waals surface area contributed by atoms with Crippen molar-refractivity contribution in [2.45, 2.75) is 19.8 Å². The molecule has 3 nitrogen and oxygen atoms in total. The van der Waals surface area contributed by atoms with Crippen molar-refractivity contribution >= 4 is 11.5 Å². The summed E-state index contributed by atoms with van der Waals surface area (Å²) >= 11 is 0. The summed E-state index contributed by atoms with van der Waals surface area (Å²) < 4.78 is 1.80. The lowest BCUT2D eigenvalue weighted by Gasteiger charge is -2.18. The fourth-order valence-electron chi connectivity index (χ4n) is 1.49. The maximum atomic E-state index is 4.14. The highest BCUT2D eigenvalue weighted by molar-refractivity contribution is 5.66. The average molecular weight is 175 g/mol. The Morgan fingerprint density at radius 3 is 3.23 bits per heavy atom. The van der Waals surface area contributed by atoms with Crippen molar-refractivity contribution in [2.75, 3.05) is 5.32 Å². The molecule has 1 aromatic rings. The molecule has 0 bridgehead atoms. The minimum atomic E-state index is 0.933. The van der Waals surface area contributed by atoms with Crippen molar-refractivity contribution in [1.29, 1.82) is 0 Å². The first-order valence-electron chi connectivity index (χ1n) is 4.52. The van der Waals surface area contributed by atoms with Gasteiger partial charge in [-0.2, -0.15) is 5.10 Å². The van der Waals surface area contributed by atoms with Gasteiger partial charge in [0.25, 0.3) is 0 Å². The highest BCUT2D eigenvalue weighted by Gasteiger charge is 2.11. The van der Waals surface area contributed by atoms with Crippen LogP contribution in [0.25, 0.3) is 5.70 Å². The van der Waals surface area contributed by atoms with E-state index < -0.39 is 0 Å². The number of hydrogen-bond acceptors (Lipinski definition) is 2. The summed E-state index contributed by atoms with van der Waals surface area (Å²) in [6, 6.07) is 1.95. The van der Waals surface area contributed by atoms with Crippen LogP contribution < -0.4 is 5.32 Å². The van der Waals surface area contributed by atoms with Crippen LogP contribution in [-0.2, 0) is 0 Å². The second kappa shape index (κ2) is 3.09. The van der Waals surface area contributed by atoms with Gasteiger partial charge in [0.05, 0.1) is 11.9 Å². The molecule has 3 heteroatoms. The molecule has 68 valence electrons. The van der Waals surface area contributed by atoms with Gasteiger partial charge in [-0.1, -0.05) is 19.9 Å². The lowest BCUT2D eigenvalue weighted by atomic mass is 10.2. The predicted molar refractivity (Wildman–Crippen MR) is 54.2 cm³/mol. The lowest BCUT2D eigenvalue weighted by Crippen LogP contribution is -2.12. The zero-order valence-corrected chi connectivity index (χ0v) is 7.75. The number of hydrogen-bond donors (Lipinski definition) is 1. The first-order chi connectivity index (χ1) is 6.31. The molecule has 13 heavy (non-hydrogen) atoms. The predicted octanol–water partition coefficient (Wildman–Crippen LogP) is 2.46. The molecule has 0 spiro atoms. The molecule has 0 fully saturated rings. The van der Waals surface area contributed by atoms with E-state index in [1.165, 1.54) is 5.70 Å². The number of rotatable bonds is 2. The van der Waals surface area contributed by atoms with E-state index >= 15 is 0 Å². The van der Waals surface area contributed by atoms with Crippen molar-refractivity contribution < 1.29 is 0 Å². The summed E-state index contributed by atoms with van der Waals surface area (Å²) in [6.07, 6.45) is 6.02. The molecule has 1 aliphatic rings. The third-order valence-corrected chi connectivity index (χ3v) is 2.06. The Morgan fingerprint density at radius 2 is 2.46 bits per heavy atom. The summed E-state index contributed by atoms with van der Waals surface area (Å²) in [4.78, 5) is 0.